The van der Waals surface area contributed by atoms with Gasteiger partial charge < -0.3 is 5.32 Å². The summed E-state index contributed by atoms with van der Waals surface area (Å²) in [7, 11) is 0. The van der Waals surface area contributed by atoms with Gasteiger partial charge in [0.05, 0.1) is 0 Å². The summed E-state index contributed by atoms with van der Waals surface area (Å²) in [6, 6.07) is 9.02. The van der Waals surface area contributed by atoms with E-state index in [0.717, 1.165) is 16.8 Å². The molecule has 7 heteroatoms. The summed E-state index contributed by atoms with van der Waals surface area (Å²) in [6.45, 7) is 3.96. The molecule has 3 rings (SSSR count). The van der Waals surface area contributed by atoms with Gasteiger partial charge in [-0.25, -0.2) is 9.67 Å². The topological polar surface area (TPSA) is 85.6 Å². The third kappa shape index (κ3) is 2.69. The molecule has 7 nitrogen and oxygen atoms in total. The zero-order valence-corrected chi connectivity index (χ0v) is 12.2. The minimum Gasteiger partial charge on any atom is -0.320 e. The Bertz CT molecular complexity index is 795. The molecule has 1 N–H and O–H groups in total. The summed E-state index contributed by atoms with van der Waals surface area (Å²) < 4.78 is 1.47. The highest BCUT2D eigenvalue weighted by atomic mass is 16.1. The van der Waals surface area contributed by atoms with Crippen molar-refractivity contribution in [2.24, 2.45) is 0 Å². The van der Waals surface area contributed by atoms with Crippen LogP contribution < -0.4 is 5.32 Å². The van der Waals surface area contributed by atoms with Crippen LogP contribution in [0.3, 0.4) is 0 Å². The third-order valence-corrected chi connectivity index (χ3v) is 3.39. The predicted molar refractivity (Wildman–Crippen MR) is 80.8 cm³/mol. The van der Waals surface area contributed by atoms with E-state index in [1.54, 1.807) is 12.1 Å². The standard InChI is InChI=1S/C15H14N6O/c1-10-4-3-5-12(11(10)2)18-15(22)13-6-7-14(20-19-13)21-9-16-8-17-21/h3-9H,1-2H3,(H,18,22). The molecule has 0 bridgehead atoms. The highest BCUT2D eigenvalue weighted by Crippen LogP contribution is 2.18. The van der Waals surface area contributed by atoms with Crippen LogP contribution in [0.1, 0.15) is 21.6 Å². The lowest BCUT2D eigenvalue weighted by molar-refractivity contribution is 0.102. The van der Waals surface area contributed by atoms with Gasteiger partial charge in [-0.2, -0.15) is 5.10 Å². The van der Waals surface area contributed by atoms with Crippen molar-refractivity contribution in [3.8, 4) is 5.82 Å². The van der Waals surface area contributed by atoms with Gasteiger partial charge in [0.2, 0.25) is 0 Å². The SMILES string of the molecule is Cc1cccc(NC(=O)c2ccc(-n3cncn3)nn2)c1C. The molecule has 3 aromatic rings. The molecule has 0 radical (unpaired) electrons. The highest BCUT2D eigenvalue weighted by Gasteiger charge is 2.11. The normalized spacial score (nSPS) is 10.5. The van der Waals surface area contributed by atoms with E-state index in [1.165, 1.54) is 17.3 Å². The van der Waals surface area contributed by atoms with Crippen LogP contribution in [-0.2, 0) is 0 Å². The number of hydrogen-bond acceptors (Lipinski definition) is 5. The van der Waals surface area contributed by atoms with Gasteiger partial charge in [-0.1, -0.05) is 12.1 Å². The molecule has 110 valence electrons. The van der Waals surface area contributed by atoms with Crippen LogP contribution in [0, 0.1) is 13.8 Å². The van der Waals surface area contributed by atoms with Crippen molar-refractivity contribution in [3.63, 3.8) is 0 Å². The maximum absolute atomic E-state index is 12.2. The number of anilines is 1. The largest absolute Gasteiger partial charge is 0.320 e. The Morgan fingerprint density at radius 3 is 2.68 bits per heavy atom. The van der Waals surface area contributed by atoms with Crippen LogP contribution in [0.4, 0.5) is 5.69 Å². The van der Waals surface area contributed by atoms with Gasteiger partial charge in [0.25, 0.3) is 5.91 Å². The summed E-state index contributed by atoms with van der Waals surface area (Å²) in [6.07, 6.45) is 2.92. The van der Waals surface area contributed by atoms with E-state index < -0.39 is 0 Å². The van der Waals surface area contributed by atoms with Crippen molar-refractivity contribution < 1.29 is 4.79 Å². The van der Waals surface area contributed by atoms with Gasteiger partial charge in [-0.05, 0) is 43.2 Å². The zero-order chi connectivity index (χ0) is 15.5. The second-order valence-electron chi connectivity index (χ2n) is 4.82. The van der Waals surface area contributed by atoms with E-state index in [0.29, 0.717) is 5.82 Å². The maximum atomic E-state index is 12.2. The Balaban J connectivity index is 1.79. The third-order valence-electron chi connectivity index (χ3n) is 3.39. The van der Waals surface area contributed by atoms with Gasteiger partial charge in [-0.3, -0.25) is 4.79 Å². The number of amides is 1. The summed E-state index contributed by atoms with van der Waals surface area (Å²) in [4.78, 5) is 16.1. The first kappa shape index (κ1) is 13.9. The molecule has 0 aliphatic carbocycles. The summed E-state index contributed by atoms with van der Waals surface area (Å²) >= 11 is 0. The van der Waals surface area contributed by atoms with Crippen molar-refractivity contribution in [1.82, 2.24) is 25.0 Å². The molecule has 0 spiro atoms. The first-order valence-corrected chi connectivity index (χ1v) is 6.71. The quantitative estimate of drug-likeness (QED) is 0.797. The fraction of sp³-hybridized carbons (Fsp3) is 0.133. The Labute approximate surface area is 127 Å². The minimum atomic E-state index is -0.300. The molecule has 0 aliphatic rings. The molecular formula is C15H14N6O. The van der Waals surface area contributed by atoms with Crippen LogP contribution in [0.2, 0.25) is 0 Å². The van der Waals surface area contributed by atoms with Gasteiger partial charge in [0.1, 0.15) is 12.7 Å². The number of hydrogen-bond donors (Lipinski definition) is 1. The molecule has 22 heavy (non-hydrogen) atoms. The van der Waals surface area contributed by atoms with Crippen molar-refractivity contribution in [1.29, 1.82) is 0 Å². The van der Waals surface area contributed by atoms with Crippen LogP contribution in [-0.4, -0.2) is 30.9 Å². The van der Waals surface area contributed by atoms with Crippen molar-refractivity contribution in [2.45, 2.75) is 13.8 Å². The van der Waals surface area contributed by atoms with E-state index in [4.69, 9.17) is 0 Å². The van der Waals surface area contributed by atoms with Gasteiger partial charge in [-0.15, -0.1) is 10.2 Å². The van der Waals surface area contributed by atoms with Crippen molar-refractivity contribution in [3.05, 3.63) is 59.8 Å². The Hall–Kier alpha value is -3.09. The second kappa shape index (κ2) is 5.72. The first-order valence-electron chi connectivity index (χ1n) is 6.71. The molecule has 0 aliphatic heterocycles. The number of aryl methyl sites for hydroxylation is 1. The summed E-state index contributed by atoms with van der Waals surface area (Å²) in [5, 5.41) is 14.7. The van der Waals surface area contributed by atoms with Crippen LogP contribution in [0.5, 0.6) is 0 Å². The van der Waals surface area contributed by atoms with E-state index in [9.17, 15) is 4.79 Å². The lowest BCUT2D eigenvalue weighted by Crippen LogP contribution is -2.16. The number of aromatic nitrogens is 5. The van der Waals surface area contributed by atoms with E-state index in [-0.39, 0.29) is 11.6 Å². The van der Waals surface area contributed by atoms with Gasteiger partial charge in [0, 0.05) is 5.69 Å². The maximum Gasteiger partial charge on any atom is 0.276 e. The minimum absolute atomic E-state index is 0.241. The average molecular weight is 294 g/mol. The molecule has 1 amide bonds. The van der Waals surface area contributed by atoms with E-state index >= 15 is 0 Å². The number of carbonyl (C=O) groups excluding carboxylic acids is 1. The van der Waals surface area contributed by atoms with Crippen LogP contribution >= 0.6 is 0 Å². The Morgan fingerprint density at radius 2 is 2.00 bits per heavy atom. The number of benzene rings is 1. The molecule has 0 atom stereocenters. The Kier molecular flexibility index (Phi) is 3.61. The zero-order valence-electron chi connectivity index (χ0n) is 12.2. The van der Waals surface area contributed by atoms with Crippen LogP contribution in [0.25, 0.3) is 5.82 Å². The Morgan fingerprint density at radius 1 is 1.14 bits per heavy atom. The number of nitrogens with one attached hydrogen (secondary N) is 1. The molecule has 2 heterocycles. The van der Waals surface area contributed by atoms with E-state index in [1.807, 2.05) is 32.0 Å². The van der Waals surface area contributed by atoms with Crippen molar-refractivity contribution in [2.75, 3.05) is 5.32 Å². The second-order valence-corrected chi connectivity index (χ2v) is 4.82. The molecule has 0 unspecified atom stereocenters. The number of rotatable bonds is 3. The van der Waals surface area contributed by atoms with E-state index in [2.05, 4.69) is 25.6 Å². The summed E-state index contributed by atoms with van der Waals surface area (Å²) in [5.74, 6) is 0.201. The number of nitrogens with zero attached hydrogens (tertiary/aromatic N) is 5. The monoisotopic (exact) mass is 294 g/mol. The fourth-order valence-corrected chi connectivity index (χ4v) is 1.97. The highest BCUT2D eigenvalue weighted by molar-refractivity contribution is 6.03. The first-order chi connectivity index (χ1) is 10.6. The summed E-state index contributed by atoms with van der Waals surface area (Å²) in [5.41, 5.74) is 3.16. The lowest BCUT2D eigenvalue weighted by atomic mass is 10.1. The van der Waals surface area contributed by atoms with Crippen molar-refractivity contribution >= 4 is 11.6 Å². The molecule has 0 saturated heterocycles. The molecular weight excluding hydrogens is 280 g/mol. The lowest BCUT2D eigenvalue weighted by Gasteiger charge is -2.09. The number of carbonyl (C=O) groups is 1. The molecule has 2 aromatic heterocycles. The van der Waals surface area contributed by atoms with Gasteiger partial charge >= 0.3 is 0 Å². The smallest absolute Gasteiger partial charge is 0.276 e. The average Bonchev–Trinajstić information content (AvgIpc) is 3.06. The fourth-order valence-electron chi connectivity index (χ4n) is 1.97. The predicted octanol–water partition coefficient (Wildman–Crippen LogP) is 1.93. The molecule has 1 aromatic carbocycles. The van der Waals surface area contributed by atoms with Gasteiger partial charge in [0.15, 0.2) is 11.5 Å². The van der Waals surface area contributed by atoms with Crippen LogP contribution in [0.15, 0.2) is 43.0 Å². The molecule has 0 fully saturated rings. The molecule has 0 saturated carbocycles.